The third-order valence-corrected chi connectivity index (χ3v) is 4.68. The van der Waals surface area contributed by atoms with Gasteiger partial charge < -0.3 is 10.5 Å². The predicted octanol–water partition coefficient (Wildman–Crippen LogP) is 1.22. The van der Waals surface area contributed by atoms with E-state index in [1.807, 2.05) is 0 Å². The van der Waals surface area contributed by atoms with Crippen molar-refractivity contribution in [3.8, 4) is 0 Å². The van der Waals surface area contributed by atoms with Gasteiger partial charge in [0.1, 0.15) is 20.4 Å². The Labute approximate surface area is 124 Å². The van der Waals surface area contributed by atoms with Gasteiger partial charge in [0.15, 0.2) is 12.0 Å². The molecule has 0 bridgehead atoms. The van der Waals surface area contributed by atoms with E-state index >= 15 is 0 Å². The zero-order valence-corrected chi connectivity index (χ0v) is 12.0. The molecule has 2 aromatic heterocycles. The molecular weight excluding hydrogens is 318 g/mol. The highest BCUT2D eigenvalue weighted by atomic mass is 32.2. The van der Waals surface area contributed by atoms with E-state index in [0.29, 0.717) is 6.20 Å². The molecule has 0 spiro atoms. The van der Waals surface area contributed by atoms with Gasteiger partial charge in [-0.05, 0) is 6.07 Å². The average Bonchev–Trinajstić information content (AvgIpc) is 2.46. The SMILES string of the molecule is CNC(=O)N=[S@](=O)(c1cncc(F)c1)c1cc(F)c[n+]([O-])c1. The summed E-state index contributed by atoms with van der Waals surface area (Å²) in [5.74, 6) is -1.79. The molecule has 1 N–H and O–H groups in total. The molecule has 0 aliphatic carbocycles. The Kier molecular flexibility index (Phi) is 4.31. The Morgan fingerprint density at radius 2 is 1.95 bits per heavy atom. The van der Waals surface area contributed by atoms with E-state index in [0.717, 1.165) is 30.7 Å². The summed E-state index contributed by atoms with van der Waals surface area (Å²) < 4.78 is 43.3. The Balaban J connectivity index is 2.79. The number of carbonyl (C=O) groups is 1. The van der Waals surface area contributed by atoms with Gasteiger partial charge in [0.05, 0.1) is 11.1 Å². The van der Waals surface area contributed by atoms with Crippen LogP contribution in [0.5, 0.6) is 0 Å². The number of urea groups is 1. The summed E-state index contributed by atoms with van der Waals surface area (Å²) in [6.45, 7) is 0. The van der Waals surface area contributed by atoms with Crippen LogP contribution in [-0.4, -0.2) is 22.3 Å². The van der Waals surface area contributed by atoms with E-state index in [4.69, 9.17) is 0 Å². The molecule has 2 amide bonds. The van der Waals surface area contributed by atoms with E-state index in [9.17, 15) is 23.0 Å². The Morgan fingerprint density at radius 3 is 2.55 bits per heavy atom. The fraction of sp³-hybridized carbons (Fsp3) is 0.0833. The first-order chi connectivity index (χ1) is 10.3. The average molecular weight is 328 g/mol. The monoisotopic (exact) mass is 328 g/mol. The summed E-state index contributed by atoms with van der Waals surface area (Å²) in [4.78, 5) is 14.4. The summed E-state index contributed by atoms with van der Waals surface area (Å²) in [6.07, 6.45) is 3.29. The highest BCUT2D eigenvalue weighted by Crippen LogP contribution is 2.23. The number of halogens is 2. The van der Waals surface area contributed by atoms with Crippen LogP contribution in [0.4, 0.5) is 13.6 Å². The van der Waals surface area contributed by atoms with E-state index in [1.165, 1.54) is 7.05 Å². The van der Waals surface area contributed by atoms with Crippen molar-refractivity contribution >= 4 is 15.8 Å². The fourth-order valence-electron chi connectivity index (χ4n) is 1.59. The van der Waals surface area contributed by atoms with Crippen molar-refractivity contribution in [3.63, 3.8) is 0 Å². The lowest BCUT2D eigenvalue weighted by molar-refractivity contribution is -0.609. The molecular formula is C12H10F2N4O3S. The lowest BCUT2D eigenvalue weighted by Crippen LogP contribution is -2.27. The Bertz CT molecular complexity index is 830. The molecule has 0 unspecified atom stereocenters. The summed E-state index contributed by atoms with van der Waals surface area (Å²) in [7, 11) is -2.53. The molecule has 0 aromatic carbocycles. The third kappa shape index (κ3) is 3.17. The minimum absolute atomic E-state index is 0.0798. The molecule has 0 fully saturated rings. The van der Waals surface area contributed by atoms with Crippen molar-refractivity contribution < 1.29 is 22.5 Å². The molecule has 0 aliphatic heterocycles. The van der Waals surface area contributed by atoms with Crippen LogP contribution >= 0.6 is 0 Å². The van der Waals surface area contributed by atoms with E-state index in [-0.39, 0.29) is 14.5 Å². The number of pyridine rings is 2. The predicted molar refractivity (Wildman–Crippen MR) is 71.1 cm³/mol. The van der Waals surface area contributed by atoms with Gasteiger partial charge in [0.2, 0.25) is 6.20 Å². The number of aromatic nitrogens is 2. The number of amides is 2. The maximum absolute atomic E-state index is 13.4. The van der Waals surface area contributed by atoms with Crippen molar-refractivity contribution in [2.75, 3.05) is 7.05 Å². The Hall–Kier alpha value is -2.62. The second-order valence-electron chi connectivity index (χ2n) is 4.06. The first kappa shape index (κ1) is 15.8. The normalized spacial score (nSPS) is 13.2. The van der Waals surface area contributed by atoms with Crippen LogP contribution in [0.1, 0.15) is 0 Å². The second kappa shape index (κ2) is 6.02. The van der Waals surface area contributed by atoms with Gasteiger partial charge in [-0.1, -0.05) is 0 Å². The lowest BCUT2D eigenvalue weighted by Gasteiger charge is -2.09. The van der Waals surface area contributed by atoms with Crippen molar-refractivity contribution in [3.05, 3.63) is 53.8 Å². The van der Waals surface area contributed by atoms with Gasteiger partial charge in [0, 0.05) is 19.3 Å². The molecule has 0 saturated heterocycles. The molecule has 7 nitrogen and oxygen atoms in total. The molecule has 0 aliphatic rings. The van der Waals surface area contributed by atoms with Crippen molar-refractivity contribution in [1.29, 1.82) is 0 Å². The summed E-state index contributed by atoms with van der Waals surface area (Å²) >= 11 is 0. The minimum Gasteiger partial charge on any atom is -0.619 e. The maximum atomic E-state index is 13.4. The maximum Gasteiger partial charge on any atom is 0.349 e. The second-order valence-corrected chi connectivity index (χ2v) is 6.24. The first-order valence-electron chi connectivity index (χ1n) is 5.84. The van der Waals surface area contributed by atoms with Gasteiger partial charge in [-0.3, -0.25) is 4.98 Å². The van der Waals surface area contributed by atoms with Gasteiger partial charge >= 0.3 is 6.03 Å². The minimum atomic E-state index is -3.78. The van der Waals surface area contributed by atoms with Crippen LogP contribution in [0.3, 0.4) is 0 Å². The molecule has 2 aromatic rings. The zero-order chi connectivity index (χ0) is 16.3. The van der Waals surface area contributed by atoms with Crippen LogP contribution in [0.2, 0.25) is 0 Å². The van der Waals surface area contributed by atoms with Crippen LogP contribution in [0, 0.1) is 16.8 Å². The van der Waals surface area contributed by atoms with Crippen molar-refractivity contribution in [1.82, 2.24) is 10.3 Å². The zero-order valence-electron chi connectivity index (χ0n) is 11.2. The quantitative estimate of drug-likeness (QED) is 0.662. The van der Waals surface area contributed by atoms with Crippen LogP contribution in [0.15, 0.2) is 51.1 Å². The number of hydrogen-bond donors (Lipinski definition) is 1. The molecule has 0 radical (unpaired) electrons. The number of nitrogens with one attached hydrogen (secondary N) is 1. The molecule has 10 heteroatoms. The largest absolute Gasteiger partial charge is 0.619 e. The number of nitrogens with zero attached hydrogens (tertiary/aromatic N) is 3. The van der Waals surface area contributed by atoms with E-state index < -0.39 is 27.4 Å². The van der Waals surface area contributed by atoms with Crippen LogP contribution in [0.25, 0.3) is 0 Å². The number of rotatable bonds is 2. The summed E-state index contributed by atoms with van der Waals surface area (Å²) in [5, 5.41) is 13.5. The van der Waals surface area contributed by atoms with Crippen LogP contribution < -0.4 is 10.0 Å². The third-order valence-electron chi connectivity index (χ3n) is 2.53. The number of hydrogen-bond acceptors (Lipinski definition) is 4. The number of carbonyl (C=O) groups excluding carboxylic acids is 1. The fourth-order valence-corrected chi connectivity index (χ4v) is 3.40. The summed E-state index contributed by atoms with van der Waals surface area (Å²) in [6, 6.07) is 0.659. The van der Waals surface area contributed by atoms with Gasteiger partial charge in [0.25, 0.3) is 0 Å². The lowest BCUT2D eigenvalue weighted by atomic mass is 10.5. The smallest absolute Gasteiger partial charge is 0.349 e. The van der Waals surface area contributed by atoms with Crippen molar-refractivity contribution in [2.24, 2.45) is 4.36 Å². The van der Waals surface area contributed by atoms with Crippen molar-refractivity contribution in [2.45, 2.75) is 9.79 Å². The Morgan fingerprint density at radius 1 is 1.27 bits per heavy atom. The summed E-state index contributed by atoms with van der Waals surface area (Å²) in [5.41, 5.74) is 0. The molecule has 0 saturated carbocycles. The first-order valence-corrected chi connectivity index (χ1v) is 7.35. The standard InChI is InChI=1S/C12H10F2N4O3S/c1-15-12(19)17-22(21,10-2-8(13)4-16-5-10)11-3-9(14)6-18(20)7-11/h2-7H,1H3,(H,15,19)/t22-/m0/s1. The molecule has 1 atom stereocenters. The molecule has 2 rings (SSSR count). The van der Waals surface area contributed by atoms with Crippen LogP contribution in [-0.2, 0) is 9.73 Å². The van der Waals surface area contributed by atoms with E-state index in [1.54, 1.807) is 0 Å². The highest BCUT2D eigenvalue weighted by Gasteiger charge is 2.23. The van der Waals surface area contributed by atoms with E-state index in [2.05, 4.69) is 14.7 Å². The highest BCUT2D eigenvalue weighted by molar-refractivity contribution is 7.94. The van der Waals surface area contributed by atoms with Gasteiger partial charge in [-0.25, -0.2) is 17.8 Å². The van der Waals surface area contributed by atoms with Gasteiger partial charge in [-0.15, -0.1) is 4.36 Å². The topological polar surface area (TPSA) is 98.4 Å². The molecule has 116 valence electrons. The molecule has 22 heavy (non-hydrogen) atoms. The van der Waals surface area contributed by atoms with Gasteiger partial charge in [-0.2, -0.15) is 4.73 Å². The molecule has 2 heterocycles.